The first kappa shape index (κ1) is 28.4. The minimum atomic E-state index is -5.08. The SMILES string of the molecule is CN1CC(=O)N(c2cccc(F)c2)CC12CCN(S(=O)(=O)c1ccc(F)c(F)c1)C2.O=C(O)C(F)(F)F. The Morgan fingerprint density at radius 3 is 2.24 bits per heavy atom. The largest absolute Gasteiger partial charge is 0.490 e. The summed E-state index contributed by atoms with van der Waals surface area (Å²) in [6.45, 7) is 0.478. The second-order valence-corrected chi connectivity index (χ2v) is 10.4. The van der Waals surface area contributed by atoms with Crippen LogP contribution in [0.2, 0.25) is 0 Å². The van der Waals surface area contributed by atoms with Crippen LogP contribution in [0, 0.1) is 17.5 Å². The molecule has 37 heavy (non-hydrogen) atoms. The van der Waals surface area contributed by atoms with Crippen LogP contribution in [0.3, 0.4) is 0 Å². The Kier molecular flexibility index (Phi) is 7.91. The summed E-state index contributed by atoms with van der Waals surface area (Å²) in [6, 6.07) is 8.18. The van der Waals surface area contributed by atoms with Gasteiger partial charge in [-0.3, -0.25) is 9.69 Å². The van der Waals surface area contributed by atoms with E-state index >= 15 is 0 Å². The summed E-state index contributed by atoms with van der Waals surface area (Å²) in [5.74, 6) is -5.80. The number of carboxylic acids is 1. The fourth-order valence-electron chi connectivity index (χ4n) is 4.09. The van der Waals surface area contributed by atoms with Gasteiger partial charge in [-0.25, -0.2) is 26.4 Å². The summed E-state index contributed by atoms with van der Waals surface area (Å²) < 4.78 is 99.4. The van der Waals surface area contributed by atoms with Crippen molar-refractivity contribution < 1.29 is 49.5 Å². The molecule has 2 aromatic carbocycles. The van der Waals surface area contributed by atoms with E-state index in [0.717, 1.165) is 12.1 Å². The number of halogens is 6. The number of alkyl halides is 3. The monoisotopic (exact) mass is 553 g/mol. The zero-order valence-corrected chi connectivity index (χ0v) is 20.0. The second-order valence-electron chi connectivity index (χ2n) is 8.51. The maximum absolute atomic E-state index is 13.7. The average molecular weight is 553 g/mol. The molecule has 1 unspecified atom stereocenters. The molecule has 2 heterocycles. The normalized spacial score (nSPS) is 21.2. The number of hydrogen-bond acceptors (Lipinski definition) is 5. The summed E-state index contributed by atoms with van der Waals surface area (Å²) >= 11 is 0. The van der Waals surface area contributed by atoms with Crippen LogP contribution in [0.1, 0.15) is 6.42 Å². The highest BCUT2D eigenvalue weighted by atomic mass is 32.2. The summed E-state index contributed by atoms with van der Waals surface area (Å²) in [4.78, 5) is 24.4. The topological polar surface area (TPSA) is 98.2 Å². The molecule has 1 N–H and O–H groups in total. The summed E-state index contributed by atoms with van der Waals surface area (Å²) in [6.07, 6.45) is -4.65. The lowest BCUT2D eigenvalue weighted by molar-refractivity contribution is -0.192. The van der Waals surface area contributed by atoms with E-state index in [4.69, 9.17) is 9.90 Å². The highest BCUT2D eigenvalue weighted by Crippen LogP contribution is 2.36. The van der Waals surface area contributed by atoms with Crippen LogP contribution in [0.5, 0.6) is 0 Å². The third-order valence-electron chi connectivity index (χ3n) is 6.12. The maximum Gasteiger partial charge on any atom is 0.490 e. The molecule has 1 atom stereocenters. The van der Waals surface area contributed by atoms with Crippen molar-refractivity contribution in [2.45, 2.75) is 23.0 Å². The second kappa shape index (κ2) is 10.3. The minimum Gasteiger partial charge on any atom is -0.475 e. The van der Waals surface area contributed by atoms with E-state index in [0.29, 0.717) is 18.2 Å². The molecule has 2 aliphatic rings. The van der Waals surface area contributed by atoms with Gasteiger partial charge in [-0.1, -0.05) is 6.07 Å². The zero-order valence-electron chi connectivity index (χ0n) is 19.2. The standard InChI is InChI=1S/C20H20F3N3O3S.C2HF3O2/c1-24-11-19(27)26(15-4-2-3-14(21)9-15)13-20(24)7-8-25(12-20)30(28,29)16-5-6-17(22)18(23)10-16;3-2(4,5)1(6)7/h2-6,9-10H,7-8,11-13H2,1H3;(H,6,7). The van der Waals surface area contributed by atoms with Crippen LogP contribution in [-0.2, 0) is 19.6 Å². The molecule has 4 rings (SSSR count). The van der Waals surface area contributed by atoms with Crippen LogP contribution in [0.15, 0.2) is 47.4 Å². The number of carbonyl (C=O) groups excluding carboxylic acids is 1. The Morgan fingerprint density at radius 1 is 1.03 bits per heavy atom. The Labute approximate surface area is 207 Å². The number of nitrogens with zero attached hydrogens (tertiary/aromatic N) is 3. The number of benzene rings is 2. The molecular weight excluding hydrogens is 532 g/mol. The number of carbonyl (C=O) groups is 2. The van der Waals surface area contributed by atoms with Gasteiger partial charge in [0.25, 0.3) is 0 Å². The number of carboxylic acid groups (broad SMARTS) is 1. The molecule has 1 amide bonds. The first-order valence-corrected chi connectivity index (χ1v) is 12.0. The average Bonchev–Trinajstić information content (AvgIpc) is 3.24. The van der Waals surface area contributed by atoms with E-state index in [2.05, 4.69) is 0 Å². The van der Waals surface area contributed by atoms with Crippen molar-refractivity contribution in [3.05, 3.63) is 59.9 Å². The number of amides is 1. The molecule has 0 radical (unpaired) electrons. The van der Waals surface area contributed by atoms with Crippen molar-refractivity contribution in [3.8, 4) is 0 Å². The molecule has 0 aromatic heterocycles. The fraction of sp³-hybridized carbons (Fsp3) is 0.364. The summed E-state index contributed by atoms with van der Waals surface area (Å²) in [5, 5.41) is 7.12. The van der Waals surface area contributed by atoms with Crippen LogP contribution >= 0.6 is 0 Å². The van der Waals surface area contributed by atoms with Crippen LogP contribution in [-0.4, -0.2) is 79.5 Å². The predicted molar refractivity (Wildman–Crippen MR) is 118 cm³/mol. The lowest BCUT2D eigenvalue weighted by Crippen LogP contribution is -2.64. The molecule has 0 saturated carbocycles. The van der Waals surface area contributed by atoms with Crippen molar-refractivity contribution >= 4 is 27.6 Å². The Balaban J connectivity index is 0.000000479. The molecule has 202 valence electrons. The van der Waals surface area contributed by atoms with E-state index in [1.54, 1.807) is 13.1 Å². The van der Waals surface area contributed by atoms with E-state index in [1.807, 2.05) is 4.90 Å². The van der Waals surface area contributed by atoms with Gasteiger partial charge < -0.3 is 10.0 Å². The number of sulfonamides is 1. The molecule has 2 aliphatic heterocycles. The third-order valence-corrected chi connectivity index (χ3v) is 7.97. The summed E-state index contributed by atoms with van der Waals surface area (Å²) in [7, 11) is -2.30. The Bertz CT molecular complexity index is 1310. The van der Waals surface area contributed by atoms with E-state index in [1.165, 1.54) is 27.4 Å². The first-order valence-electron chi connectivity index (χ1n) is 10.6. The molecule has 2 aromatic rings. The van der Waals surface area contributed by atoms with Gasteiger partial charge in [0.05, 0.1) is 17.0 Å². The number of anilines is 1. The molecule has 2 fully saturated rings. The Morgan fingerprint density at radius 2 is 1.68 bits per heavy atom. The van der Waals surface area contributed by atoms with Gasteiger partial charge >= 0.3 is 12.1 Å². The quantitative estimate of drug-likeness (QED) is 0.588. The lowest BCUT2D eigenvalue weighted by Gasteiger charge is -2.46. The van der Waals surface area contributed by atoms with Crippen molar-refractivity contribution in [3.63, 3.8) is 0 Å². The van der Waals surface area contributed by atoms with Gasteiger partial charge in [-0.05, 0) is 49.9 Å². The fourth-order valence-corrected chi connectivity index (χ4v) is 5.62. The lowest BCUT2D eigenvalue weighted by atomic mass is 9.92. The Hall–Kier alpha value is -3.17. The minimum absolute atomic E-state index is 0.0512. The van der Waals surface area contributed by atoms with Gasteiger partial charge in [-0.15, -0.1) is 0 Å². The zero-order chi connectivity index (χ0) is 27.8. The van der Waals surface area contributed by atoms with Gasteiger partial charge in [0, 0.05) is 25.3 Å². The van der Waals surface area contributed by atoms with Crippen LogP contribution in [0.4, 0.5) is 32.0 Å². The number of rotatable bonds is 3. The predicted octanol–water partition coefficient (Wildman–Crippen LogP) is 2.85. The molecule has 15 heteroatoms. The smallest absolute Gasteiger partial charge is 0.475 e. The number of hydrogen-bond donors (Lipinski definition) is 1. The molecular formula is C22H21F6N3O5S. The molecule has 8 nitrogen and oxygen atoms in total. The highest BCUT2D eigenvalue weighted by Gasteiger charge is 2.50. The highest BCUT2D eigenvalue weighted by molar-refractivity contribution is 7.89. The number of likely N-dealkylation sites (N-methyl/N-ethyl adjacent to an activating group) is 1. The van der Waals surface area contributed by atoms with E-state index in [-0.39, 0.29) is 37.0 Å². The van der Waals surface area contributed by atoms with Crippen molar-refractivity contribution in [2.75, 3.05) is 38.1 Å². The van der Waals surface area contributed by atoms with E-state index in [9.17, 15) is 39.6 Å². The van der Waals surface area contributed by atoms with Crippen LogP contribution in [0.25, 0.3) is 0 Å². The summed E-state index contributed by atoms with van der Waals surface area (Å²) in [5.41, 5.74) is -0.263. The maximum atomic E-state index is 13.7. The van der Waals surface area contributed by atoms with Crippen molar-refractivity contribution in [1.29, 1.82) is 0 Å². The van der Waals surface area contributed by atoms with Crippen molar-refractivity contribution in [2.24, 2.45) is 0 Å². The van der Waals surface area contributed by atoms with E-state index < -0.39 is 45.2 Å². The molecule has 0 bridgehead atoms. The molecule has 1 spiro atoms. The first-order chi connectivity index (χ1) is 17.1. The molecule has 2 saturated heterocycles. The van der Waals surface area contributed by atoms with Gasteiger partial charge in [-0.2, -0.15) is 17.5 Å². The van der Waals surface area contributed by atoms with Gasteiger partial charge in [0.15, 0.2) is 11.6 Å². The third kappa shape index (κ3) is 6.05. The number of piperazine rings is 1. The van der Waals surface area contributed by atoms with Crippen molar-refractivity contribution in [1.82, 2.24) is 9.21 Å². The van der Waals surface area contributed by atoms with Crippen LogP contribution < -0.4 is 4.90 Å². The molecule has 0 aliphatic carbocycles. The van der Waals surface area contributed by atoms with Gasteiger partial charge in [0.2, 0.25) is 15.9 Å². The number of aliphatic carboxylic acids is 1. The van der Waals surface area contributed by atoms with Gasteiger partial charge in [0.1, 0.15) is 5.82 Å².